The van der Waals surface area contributed by atoms with Gasteiger partial charge in [-0.1, -0.05) is 11.9 Å². The Labute approximate surface area is 195 Å². The van der Waals surface area contributed by atoms with Gasteiger partial charge in [0.25, 0.3) is 5.91 Å². The van der Waals surface area contributed by atoms with Gasteiger partial charge < -0.3 is 24.5 Å². The number of carbonyl (C=O) groups excluding carboxylic acids is 1. The van der Waals surface area contributed by atoms with Crippen LogP contribution in [0.3, 0.4) is 0 Å². The predicted octanol–water partition coefficient (Wildman–Crippen LogP) is 3.61. The van der Waals surface area contributed by atoms with Gasteiger partial charge in [0, 0.05) is 31.2 Å². The number of benzene rings is 1. The van der Waals surface area contributed by atoms with Crippen molar-refractivity contribution >= 4 is 17.9 Å². The number of piperazine rings is 1. The average molecular weight is 483 g/mol. The van der Waals surface area contributed by atoms with Crippen LogP contribution in [0.15, 0.2) is 22.6 Å². The number of hydrogen-bond donors (Lipinski definition) is 1. The summed E-state index contributed by atoms with van der Waals surface area (Å²) >= 11 is 1.66. The molecule has 33 heavy (non-hydrogen) atoms. The standard InChI is InChI=1S/C22H28F2N4O4S/c1-13-11-27(7-8-28(13)33-2)21(29)19-18(10-25)31-20(26-19)15-5-6-16(32-22(23)24)17(9-15)30-12-14-3-4-14/h5-6,9,13-14,22H,3-4,7-8,10-12,25H2,1-2H3/t13-/m1/s1. The Morgan fingerprint density at radius 1 is 1.33 bits per heavy atom. The molecule has 2 heterocycles. The number of oxazole rings is 1. The SMILES string of the molecule is CSN1CCN(C(=O)c2nc(-c3ccc(OC(F)F)c(OCC4CC4)c3)oc2CN)C[C@H]1C. The Morgan fingerprint density at radius 3 is 2.76 bits per heavy atom. The van der Waals surface area contributed by atoms with Gasteiger partial charge in [0.05, 0.1) is 13.2 Å². The minimum atomic E-state index is -2.97. The lowest BCUT2D eigenvalue weighted by Crippen LogP contribution is -2.51. The molecule has 0 spiro atoms. The van der Waals surface area contributed by atoms with Crippen LogP contribution in [0.5, 0.6) is 11.5 Å². The highest BCUT2D eigenvalue weighted by atomic mass is 32.2. The Morgan fingerprint density at radius 2 is 2.12 bits per heavy atom. The number of nitrogens with zero attached hydrogens (tertiary/aromatic N) is 3. The molecule has 0 bridgehead atoms. The lowest BCUT2D eigenvalue weighted by atomic mass is 10.2. The minimum absolute atomic E-state index is 0.00597. The third kappa shape index (κ3) is 5.59. The lowest BCUT2D eigenvalue weighted by Gasteiger charge is -2.38. The van der Waals surface area contributed by atoms with Crippen LogP contribution in [0.2, 0.25) is 0 Å². The maximum atomic E-state index is 13.2. The van der Waals surface area contributed by atoms with E-state index in [0.29, 0.717) is 31.2 Å². The molecule has 1 aromatic heterocycles. The van der Waals surface area contributed by atoms with Crippen molar-refractivity contribution in [3.63, 3.8) is 0 Å². The molecule has 180 valence electrons. The molecule has 1 aromatic carbocycles. The third-order valence-corrected chi connectivity index (χ3v) is 6.76. The molecular formula is C22H28F2N4O4S. The van der Waals surface area contributed by atoms with Crippen LogP contribution in [-0.4, -0.2) is 65.2 Å². The van der Waals surface area contributed by atoms with E-state index in [0.717, 1.165) is 19.4 Å². The second-order valence-corrected chi connectivity index (χ2v) is 9.05. The van der Waals surface area contributed by atoms with E-state index in [4.69, 9.17) is 14.9 Å². The molecule has 2 N–H and O–H groups in total. The number of ether oxygens (including phenoxy) is 2. The van der Waals surface area contributed by atoms with Gasteiger partial charge >= 0.3 is 6.61 Å². The summed E-state index contributed by atoms with van der Waals surface area (Å²) in [5.74, 6) is 0.773. The Bertz CT molecular complexity index is 985. The predicted molar refractivity (Wildman–Crippen MR) is 120 cm³/mol. The first kappa shape index (κ1) is 23.8. The van der Waals surface area contributed by atoms with Gasteiger partial charge in [-0.3, -0.25) is 4.79 Å². The van der Waals surface area contributed by atoms with Crippen LogP contribution in [0.1, 0.15) is 36.0 Å². The molecule has 11 heteroatoms. The summed E-state index contributed by atoms with van der Waals surface area (Å²) in [5, 5.41) is 0. The number of hydrogen-bond acceptors (Lipinski definition) is 8. The number of aromatic nitrogens is 1. The van der Waals surface area contributed by atoms with Crippen molar-refractivity contribution in [2.24, 2.45) is 11.7 Å². The summed E-state index contributed by atoms with van der Waals surface area (Å²) < 4.78 is 44.0. The average Bonchev–Trinajstić information content (AvgIpc) is 3.53. The van der Waals surface area contributed by atoms with Crippen molar-refractivity contribution in [3.05, 3.63) is 29.7 Å². The van der Waals surface area contributed by atoms with Crippen LogP contribution in [0, 0.1) is 5.92 Å². The normalized spacial score (nSPS) is 19.2. The van der Waals surface area contributed by atoms with Crippen LogP contribution in [-0.2, 0) is 6.54 Å². The zero-order valence-electron chi connectivity index (χ0n) is 18.6. The number of alkyl halides is 2. The largest absolute Gasteiger partial charge is 0.489 e. The van der Waals surface area contributed by atoms with E-state index in [2.05, 4.69) is 20.9 Å². The maximum Gasteiger partial charge on any atom is 0.387 e. The first-order chi connectivity index (χ1) is 15.9. The maximum absolute atomic E-state index is 13.2. The molecule has 4 rings (SSSR count). The van der Waals surface area contributed by atoms with Gasteiger partial charge in [0.1, 0.15) is 0 Å². The van der Waals surface area contributed by atoms with Gasteiger partial charge in [0.2, 0.25) is 5.89 Å². The van der Waals surface area contributed by atoms with E-state index in [9.17, 15) is 13.6 Å². The van der Waals surface area contributed by atoms with Crippen molar-refractivity contribution in [3.8, 4) is 23.0 Å². The van der Waals surface area contributed by atoms with Gasteiger partial charge in [0.15, 0.2) is 23.0 Å². The smallest absolute Gasteiger partial charge is 0.387 e. The molecule has 1 saturated carbocycles. The van der Waals surface area contributed by atoms with Crippen LogP contribution >= 0.6 is 11.9 Å². The molecule has 1 atom stereocenters. The number of amides is 1. The number of rotatable bonds is 9. The number of carbonyl (C=O) groups is 1. The molecule has 0 unspecified atom stereocenters. The van der Waals surface area contributed by atoms with E-state index in [1.165, 1.54) is 6.07 Å². The van der Waals surface area contributed by atoms with Gasteiger partial charge in [-0.15, -0.1) is 0 Å². The third-order valence-electron chi connectivity index (χ3n) is 5.75. The fourth-order valence-corrected chi connectivity index (χ4v) is 4.46. The van der Waals surface area contributed by atoms with E-state index >= 15 is 0 Å². The van der Waals surface area contributed by atoms with Gasteiger partial charge in [-0.2, -0.15) is 8.78 Å². The highest BCUT2D eigenvalue weighted by Crippen LogP contribution is 2.37. The second-order valence-electron chi connectivity index (χ2n) is 8.21. The molecule has 1 saturated heterocycles. The van der Waals surface area contributed by atoms with Gasteiger partial charge in [-0.25, -0.2) is 9.29 Å². The number of nitrogens with two attached hydrogens (primary N) is 1. The van der Waals surface area contributed by atoms with Crippen molar-refractivity contribution < 1.29 is 27.5 Å². The molecule has 0 radical (unpaired) electrons. The quantitative estimate of drug-likeness (QED) is 0.542. The Kier molecular flexibility index (Phi) is 7.40. The molecule has 1 aliphatic heterocycles. The first-order valence-electron chi connectivity index (χ1n) is 10.9. The molecule has 8 nitrogen and oxygen atoms in total. The first-order valence-corrected chi connectivity index (χ1v) is 12.1. The summed E-state index contributed by atoms with van der Waals surface area (Å²) in [7, 11) is 0. The molecule has 1 amide bonds. The zero-order chi connectivity index (χ0) is 23.5. The summed E-state index contributed by atoms with van der Waals surface area (Å²) in [6, 6.07) is 4.68. The van der Waals surface area contributed by atoms with E-state index < -0.39 is 6.61 Å². The zero-order valence-corrected chi connectivity index (χ0v) is 19.4. The van der Waals surface area contributed by atoms with Crippen LogP contribution < -0.4 is 15.2 Å². The van der Waals surface area contributed by atoms with Crippen LogP contribution in [0.4, 0.5) is 8.78 Å². The van der Waals surface area contributed by atoms with Crippen molar-refractivity contribution in [1.29, 1.82) is 0 Å². The second kappa shape index (κ2) is 10.3. The van der Waals surface area contributed by atoms with E-state index in [-0.39, 0.29) is 47.3 Å². The topological polar surface area (TPSA) is 94.1 Å². The number of halogens is 2. The molecule has 2 aliphatic rings. The minimum Gasteiger partial charge on any atom is -0.489 e. The van der Waals surface area contributed by atoms with Crippen molar-refractivity contribution in [1.82, 2.24) is 14.2 Å². The van der Waals surface area contributed by atoms with Crippen molar-refractivity contribution in [2.75, 3.05) is 32.5 Å². The molecule has 2 fully saturated rings. The summed E-state index contributed by atoms with van der Waals surface area (Å²) in [6.07, 6.45) is 4.13. The molecule has 1 aliphatic carbocycles. The van der Waals surface area contributed by atoms with Crippen molar-refractivity contribution in [2.45, 2.75) is 39.0 Å². The summed E-state index contributed by atoms with van der Waals surface area (Å²) in [4.78, 5) is 19.4. The Hall–Kier alpha value is -2.37. The summed E-state index contributed by atoms with van der Waals surface area (Å²) in [5.41, 5.74) is 6.49. The monoisotopic (exact) mass is 482 g/mol. The fourth-order valence-electron chi connectivity index (χ4n) is 3.77. The van der Waals surface area contributed by atoms with Crippen LogP contribution in [0.25, 0.3) is 11.5 Å². The van der Waals surface area contributed by atoms with Gasteiger partial charge in [-0.05, 0) is 50.1 Å². The van der Waals surface area contributed by atoms with E-state index in [1.807, 2.05) is 6.26 Å². The Balaban J connectivity index is 1.58. The fraction of sp³-hybridized carbons (Fsp3) is 0.545. The highest BCUT2D eigenvalue weighted by Gasteiger charge is 2.31. The highest BCUT2D eigenvalue weighted by molar-refractivity contribution is 7.96. The summed E-state index contributed by atoms with van der Waals surface area (Å²) in [6.45, 7) is 1.44. The lowest BCUT2D eigenvalue weighted by molar-refractivity contribution is -0.0515. The van der Waals surface area contributed by atoms with E-state index in [1.54, 1.807) is 29.0 Å². The molecule has 2 aromatic rings. The molecular weight excluding hydrogens is 454 g/mol.